The Hall–Kier alpha value is -1.87. The molecule has 0 fully saturated rings. The maximum absolute atomic E-state index is 13.9. The lowest BCUT2D eigenvalue weighted by Gasteiger charge is -2.25. The van der Waals surface area contributed by atoms with Gasteiger partial charge in [0.2, 0.25) is 0 Å². The number of nitrogens with zero attached hydrogens (tertiary/aromatic N) is 1. The van der Waals surface area contributed by atoms with Gasteiger partial charge in [-0.05, 0) is 42.2 Å². The maximum Gasteiger partial charge on any atom is 0.257 e. The second-order valence-corrected chi connectivity index (χ2v) is 5.73. The molecule has 1 atom stereocenters. The third-order valence-corrected chi connectivity index (χ3v) is 4.28. The fraction of sp³-hybridized carbons (Fsp3) is 0.235. The van der Waals surface area contributed by atoms with E-state index in [1.165, 1.54) is 23.8 Å². The Balaban J connectivity index is 1.91. The minimum Gasteiger partial charge on any atom is -0.335 e. The molecular weight excluding hydrogens is 289 g/mol. The van der Waals surface area contributed by atoms with Crippen LogP contribution in [0.4, 0.5) is 4.39 Å². The van der Waals surface area contributed by atoms with Gasteiger partial charge in [-0.3, -0.25) is 4.79 Å². The third kappa shape index (κ3) is 2.54. The Morgan fingerprint density at radius 2 is 2.05 bits per heavy atom. The minimum absolute atomic E-state index is 0.00733. The highest BCUT2D eigenvalue weighted by atomic mass is 35.5. The molecular formula is C17H15ClFNO. The summed E-state index contributed by atoms with van der Waals surface area (Å²) in [7, 11) is 1.72. The van der Waals surface area contributed by atoms with Crippen LogP contribution >= 0.6 is 11.6 Å². The number of aryl methyl sites for hydroxylation is 1. The van der Waals surface area contributed by atoms with Crippen molar-refractivity contribution in [1.29, 1.82) is 0 Å². The van der Waals surface area contributed by atoms with Crippen LogP contribution in [-0.4, -0.2) is 17.9 Å². The number of carbonyl (C=O) groups is 1. The van der Waals surface area contributed by atoms with Crippen molar-refractivity contribution < 1.29 is 9.18 Å². The highest BCUT2D eigenvalue weighted by molar-refractivity contribution is 6.31. The number of rotatable bonds is 2. The average molecular weight is 304 g/mol. The summed E-state index contributed by atoms with van der Waals surface area (Å²) in [5.74, 6) is -0.876. The first-order valence-electron chi connectivity index (χ1n) is 6.88. The summed E-state index contributed by atoms with van der Waals surface area (Å²) in [6.45, 7) is 0. The fourth-order valence-corrected chi connectivity index (χ4v) is 3.10. The lowest BCUT2D eigenvalue weighted by molar-refractivity contribution is 0.0726. The number of hydrogen-bond acceptors (Lipinski definition) is 1. The number of fused-ring (bicyclic) bond motifs is 1. The Morgan fingerprint density at radius 1 is 1.29 bits per heavy atom. The molecule has 3 rings (SSSR count). The molecule has 1 amide bonds. The van der Waals surface area contributed by atoms with Gasteiger partial charge >= 0.3 is 0 Å². The number of amides is 1. The molecule has 4 heteroatoms. The zero-order valence-electron chi connectivity index (χ0n) is 11.6. The number of carbonyl (C=O) groups excluding carboxylic acids is 1. The standard InChI is InChI=1S/C17H15ClFNO/c1-20(16-9-6-11-4-2-3-5-13(11)16)17(21)14-10-12(18)7-8-15(14)19/h2-5,7-8,10,16H,6,9H2,1H3/t16-/m1/s1. The highest BCUT2D eigenvalue weighted by Crippen LogP contribution is 2.35. The topological polar surface area (TPSA) is 20.3 Å². The van der Waals surface area contributed by atoms with Crippen molar-refractivity contribution in [2.45, 2.75) is 18.9 Å². The van der Waals surface area contributed by atoms with Crippen LogP contribution in [0.1, 0.15) is 33.9 Å². The lowest BCUT2D eigenvalue weighted by Crippen LogP contribution is -2.30. The molecule has 108 valence electrons. The van der Waals surface area contributed by atoms with Gasteiger partial charge in [-0.25, -0.2) is 4.39 Å². The Labute approximate surface area is 128 Å². The Morgan fingerprint density at radius 3 is 2.86 bits per heavy atom. The smallest absolute Gasteiger partial charge is 0.257 e. The van der Waals surface area contributed by atoms with Crippen molar-refractivity contribution in [1.82, 2.24) is 4.90 Å². The number of hydrogen-bond donors (Lipinski definition) is 0. The monoisotopic (exact) mass is 303 g/mol. The van der Waals surface area contributed by atoms with Crippen LogP contribution in [0.3, 0.4) is 0 Å². The summed E-state index contributed by atoms with van der Waals surface area (Å²) >= 11 is 5.87. The summed E-state index contributed by atoms with van der Waals surface area (Å²) < 4.78 is 13.9. The van der Waals surface area contributed by atoms with Crippen LogP contribution in [-0.2, 0) is 6.42 Å². The molecule has 1 aliphatic carbocycles. The summed E-state index contributed by atoms with van der Waals surface area (Å²) in [4.78, 5) is 14.2. The molecule has 0 aliphatic heterocycles. The largest absolute Gasteiger partial charge is 0.335 e. The molecule has 0 aromatic heterocycles. The first-order chi connectivity index (χ1) is 10.1. The van der Waals surface area contributed by atoms with Crippen LogP contribution in [0, 0.1) is 5.82 Å². The Bertz CT molecular complexity index is 701. The van der Waals surface area contributed by atoms with Crippen molar-refractivity contribution in [3.8, 4) is 0 Å². The molecule has 0 saturated heterocycles. The van der Waals surface area contributed by atoms with E-state index in [9.17, 15) is 9.18 Å². The molecule has 0 unspecified atom stereocenters. The predicted molar refractivity (Wildman–Crippen MR) is 81.0 cm³/mol. The zero-order valence-corrected chi connectivity index (χ0v) is 12.4. The van der Waals surface area contributed by atoms with E-state index in [0.29, 0.717) is 5.02 Å². The summed E-state index contributed by atoms with van der Waals surface area (Å²) in [6.07, 6.45) is 1.81. The SMILES string of the molecule is CN(C(=O)c1cc(Cl)ccc1F)[C@@H]1CCc2ccccc21. The van der Waals surface area contributed by atoms with Crippen LogP contribution < -0.4 is 0 Å². The van der Waals surface area contributed by atoms with Crippen molar-refractivity contribution >= 4 is 17.5 Å². The summed E-state index contributed by atoms with van der Waals surface area (Å²) in [5, 5.41) is 0.361. The van der Waals surface area contributed by atoms with E-state index in [1.54, 1.807) is 11.9 Å². The average Bonchev–Trinajstić information content (AvgIpc) is 2.92. The minimum atomic E-state index is -0.539. The van der Waals surface area contributed by atoms with Gasteiger partial charge < -0.3 is 4.90 Å². The van der Waals surface area contributed by atoms with Gasteiger partial charge in [0.25, 0.3) is 5.91 Å². The van der Waals surface area contributed by atoms with Crippen LogP contribution in [0.15, 0.2) is 42.5 Å². The van der Waals surface area contributed by atoms with Crippen molar-refractivity contribution in [3.05, 3.63) is 70.0 Å². The molecule has 0 N–H and O–H groups in total. The molecule has 2 aromatic carbocycles. The highest BCUT2D eigenvalue weighted by Gasteiger charge is 2.29. The second-order valence-electron chi connectivity index (χ2n) is 5.29. The van der Waals surface area contributed by atoms with E-state index in [0.717, 1.165) is 18.4 Å². The predicted octanol–water partition coefficient (Wildman–Crippen LogP) is 4.24. The van der Waals surface area contributed by atoms with Gasteiger partial charge in [-0.15, -0.1) is 0 Å². The van der Waals surface area contributed by atoms with Gasteiger partial charge in [0.1, 0.15) is 5.82 Å². The maximum atomic E-state index is 13.9. The van der Waals surface area contributed by atoms with Gasteiger partial charge in [0.15, 0.2) is 0 Å². The van der Waals surface area contributed by atoms with E-state index in [1.807, 2.05) is 18.2 Å². The van der Waals surface area contributed by atoms with E-state index in [-0.39, 0.29) is 17.5 Å². The second kappa shape index (κ2) is 5.49. The van der Waals surface area contributed by atoms with Crippen molar-refractivity contribution in [2.75, 3.05) is 7.05 Å². The molecule has 0 radical (unpaired) electrons. The van der Waals surface area contributed by atoms with Crippen LogP contribution in [0.25, 0.3) is 0 Å². The number of halogens is 2. The molecule has 0 saturated carbocycles. The lowest BCUT2D eigenvalue weighted by atomic mass is 10.1. The van der Waals surface area contributed by atoms with Gasteiger partial charge in [-0.1, -0.05) is 35.9 Å². The molecule has 21 heavy (non-hydrogen) atoms. The van der Waals surface area contributed by atoms with Crippen LogP contribution in [0.5, 0.6) is 0 Å². The first kappa shape index (κ1) is 14.1. The van der Waals surface area contributed by atoms with E-state index in [2.05, 4.69) is 6.07 Å². The normalized spacial score (nSPS) is 16.6. The van der Waals surface area contributed by atoms with Gasteiger partial charge in [-0.2, -0.15) is 0 Å². The zero-order chi connectivity index (χ0) is 15.0. The molecule has 0 heterocycles. The fourth-order valence-electron chi connectivity index (χ4n) is 2.93. The van der Waals surface area contributed by atoms with Crippen molar-refractivity contribution in [2.24, 2.45) is 0 Å². The number of benzene rings is 2. The van der Waals surface area contributed by atoms with E-state index < -0.39 is 5.82 Å². The van der Waals surface area contributed by atoms with Crippen LogP contribution in [0.2, 0.25) is 5.02 Å². The molecule has 2 nitrogen and oxygen atoms in total. The summed E-state index contributed by atoms with van der Waals surface area (Å²) in [6, 6.07) is 12.1. The van der Waals surface area contributed by atoms with Gasteiger partial charge in [0.05, 0.1) is 11.6 Å². The molecule has 0 bridgehead atoms. The first-order valence-corrected chi connectivity index (χ1v) is 7.25. The van der Waals surface area contributed by atoms with E-state index >= 15 is 0 Å². The Kier molecular flexibility index (Phi) is 3.68. The van der Waals surface area contributed by atoms with E-state index in [4.69, 9.17) is 11.6 Å². The summed E-state index contributed by atoms with van der Waals surface area (Å²) in [5.41, 5.74) is 2.43. The van der Waals surface area contributed by atoms with Crippen molar-refractivity contribution in [3.63, 3.8) is 0 Å². The quantitative estimate of drug-likeness (QED) is 0.812. The van der Waals surface area contributed by atoms with Gasteiger partial charge in [0, 0.05) is 12.1 Å². The molecule has 0 spiro atoms. The molecule has 1 aliphatic rings. The molecule has 2 aromatic rings. The third-order valence-electron chi connectivity index (χ3n) is 4.05.